The minimum absolute atomic E-state index is 0.695. The topological polar surface area (TPSA) is 105 Å². The van der Waals surface area contributed by atoms with Gasteiger partial charge in [0.15, 0.2) is 17.1 Å². The van der Waals surface area contributed by atoms with Gasteiger partial charge in [-0.3, -0.25) is 4.68 Å². The summed E-state index contributed by atoms with van der Waals surface area (Å²) in [4.78, 5) is 29.3. The molecule has 1 saturated heterocycles. The first-order chi connectivity index (χ1) is 12.3. The zero-order valence-corrected chi connectivity index (χ0v) is 13.7. The Morgan fingerprint density at radius 1 is 0.880 bits per heavy atom. The number of aryl methyl sites for hydroxylation is 1. The Morgan fingerprint density at radius 3 is 2.44 bits per heavy atom. The second kappa shape index (κ2) is 5.36. The number of hydrogen-bond donors (Lipinski definition) is 1. The van der Waals surface area contributed by atoms with Crippen molar-refractivity contribution in [2.45, 2.75) is 0 Å². The second-order valence-corrected chi connectivity index (χ2v) is 5.98. The highest BCUT2D eigenvalue weighted by molar-refractivity contribution is 5.87. The smallest absolute Gasteiger partial charge is 0.182 e. The lowest BCUT2D eigenvalue weighted by atomic mass is 10.2. The summed E-state index contributed by atoms with van der Waals surface area (Å²) in [5.74, 6) is 1.84. The maximum atomic E-state index is 4.48. The van der Waals surface area contributed by atoms with Gasteiger partial charge in [-0.2, -0.15) is 5.10 Å². The molecule has 5 heterocycles. The van der Waals surface area contributed by atoms with E-state index in [4.69, 9.17) is 0 Å². The molecule has 10 nitrogen and oxygen atoms in total. The van der Waals surface area contributed by atoms with Crippen LogP contribution in [0.4, 0.5) is 11.6 Å². The monoisotopic (exact) mass is 336 g/mol. The molecule has 10 heteroatoms. The summed E-state index contributed by atoms with van der Waals surface area (Å²) in [7, 11) is 1.89. The minimum Gasteiger partial charge on any atom is -0.352 e. The fraction of sp³-hybridized carbons (Fsp3) is 0.333. The Hall–Kier alpha value is -3.30. The van der Waals surface area contributed by atoms with Crippen molar-refractivity contribution < 1.29 is 0 Å². The quantitative estimate of drug-likeness (QED) is 0.559. The zero-order valence-electron chi connectivity index (χ0n) is 13.7. The molecule has 4 aromatic heterocycles. The van der Waals surface area contributed by atoms with Gasteiger partial charge in [0.25, 0.3) is 0 Å². The van der Waals surface area contributed by atoms with Crippen LogP contribution in [-0.2, 0) is 7.05 Å². The number of fused-ring (bicyclic) bond motifs is 2. The van der Waals surface area contributed by atoms with E-state index in [1.54, 1.807) is 23.7 Å². The van der Waals surface area contributed by atoms with Gasteiger partial charge in [-0.25, -0.2) is 24.9 Å². The van der Waals surface area contributed by atoms with Gasteiger partial charge in [0, 0.05) is 33.2 Å². The fourth-order valence-corrected chi connectivity index (χ4v) is 3.32. The molecule has 0 unspecified atom stereocenters. The highest BCUT2D eigenvalue weighted by Crippen LogP contribution is 2.25. The number of piperazine rings is 1. The number of hydrogen-bond acceptors (Lipinski definition) is 8. The molecular weight excluding hydrogens is 320 g/mol. The van der Waals surface area contributed by atoms with Crippen LogP contribution in [-0.4, -0.2) is 65.9 Å². The lowest BCUT2D eigenvalue weighted by Gasteiger charge is -2.36. The first kappa shape index (κ1) is 14.1. The van der Waals surface area contributed by atoms with Gasteiger partial charge in [-0.15, -0.1) is 0 Å². The van der Waals surface area contributed by atoms with E-state index < -0.39 is 0 Å². The molecule has 25 heavy (non-hydrogen) atoms. The van der Waals surface area contributed by atoms with Crippen LogP contribution in [0.15, 0.2) is 25.2 Å². The van der Waals surface area contributed by atoms with E-state index in [9.17, 15) is 0 Å². The van der Waals surface area contributed by atoms with Crippen LogP contribution in [0, 0.1) is 0 Å². The number of anilines is 2. The summed E-state index contributed by atoms with van der Waals surface area (Å²) >= 11 is 0. The Morgan fingerprint density at radius 2 is 1.60 bits per heavy atom. The number of imidazole rings is 1. The van der Waals surface area contributed by atoms with Crippen molar-refractivity contribution in [1.82, 2.24) is 39.7 Å². The second-order valence-electron chi connectivity index (χ2n) is 5.98. The van der Waals surface area contributed by atoms with E-state index in [2.05, 4.69) is 44.8 Å². The lowest BCUT2D eigenvalue weighted by Crippen LogP contribution is -2.47. The van der Waals surface area contributed by atoms with E-state index in [-0.39, 0.29) is 0 Å². The fourth-order valence-electron chi connectivity index (χ4n) is 3.32. The predicted octanol–water partition coefficient (Wildman–Crippen LogP) is 0.356. The normalized spacial score (nSPS) is 15.4. The molecule has 0 aliphatic carbocycles. The van der Waals surface area contributed by atoms with Crippen LogP contribution in [0.1, 0.15) is 0 Å². The molecule has 1 aliphatic heterocycles. The molecule has 5 rings (SSSR count). The molecule has 0 saturated carbocycles. The molecule has 1 N–H and O–H groups in total. The summed E-state index contributed by atoms with van der Waals surface area (Å²) in [6, 6.07) is 0. The third-order valence-corrected chi connectivity index (χ3v) is 4.59. The van der Waals surface area contributed by atoms with E-state index in [1.807, 2.05) is 13.2 Å². The Bertz CT molecular complexity index is 1040. The summed E-state index contributed by atoms with van der Waals surface area (Å²) in [5.41, 5.74) is 2.43. The third-order valence-electron chi connectivity index (χ3n) is 4.59. The van der Waals surface area contributed by atoms with Gasteiger partial charge < -0.3 is 14.8 Å². The SMILES string of the molecule is Cn1ncc2c(N3CCN(c4ncnc5nc[nH]c45)CC3)ncnc21. The summed E-state index contributed by atoms with van der Waals surface area (Å²) < 4.78 is 1.77. The van der Waals surface area contributed by atoms with E-state index >= 15 is 0 Å². The standard InChI is InChI=1S/C15H16N10/c1-23-13-10(6-22-23)14(20-9-19-13)24-2-4-25(5-3-24)15-11-12(17-7-16-11)18-8-21-15/h6-9H,2-5H2,1H3,(H,16,17,18,21). The van der Waals surface area contributed by atoms with Crippen LogP contribution >= 0.6 is 0 Å². The molecule has 1 aliphatic rings. The molecule has 0 amide bonds. The zero-order chi connectivity index (χ0) is 16.8. The molecule has 1 fully saturated rings. The van der Waals surface area contributed by atoms with Crippen LogP contribution in [0.3, 0.4) is 0 Å². The van der Waals surface area contributed by atoms with E-state index in [0.29, 0.717) is 5.65 Å². The molecule has 0 atom stereocenters. The molecule has 4 aromatic rings. The predicted molar refractivity (Wildman–Crippen MR) is 92.4 cm³/mol. The van der Waals surface area contributed by atoms with Crippen molar-refractivity contribution >= 4 is 33.8 Å². The molecule has 0 bridgehead atoms. The first-order valence-corrected chi connectivity index (χ1v) is 8.08. The van der Waals surface area contributed by atoms with Crippen molar-refractivity contribution in [3.63, 3.8) is 0 Å². The minimum atomic E-state index is 0.695. The van der Waals surface area contributed by atoms with Gasteiger partial charge in [-0.1, -0.05) is 0 Å². The lowest BCUT2D eigenvalue weighted by molar-refractivity contribution is 0.644. The van der Waals surface area contributed by atoms with Gasteiger partial charge in [0.2, 0.25) is 0 Å². The average molecular weight is 336 g/mol. The number of nitrogens with one attached hydrogen (secondary N) is 1. The average Bonchev–Trinajstić information content (AvgIpc) is 3.28. The molecular formula is C15H16N10. The number of aromatic amines is 1. The highest BCUT2D eigenvalue weighted by atomic mass is 15.3. The maximum absolute atomic E-state index is 4.48. The van der Waals surface area contributed by atoms with E-state index in [0.717, 1.165) is 54.4 Å². The molecule has 126 valence electrons. The van der Waals surface area contributed by atoms with Crippen molar-refractivity contribution in [2.24, 2.45) is 7.05 Å². The third kappa shape index (κ3) is 2.17. The number of aromatic nitrogens is 8. The molecule has 0 spiro atoms. The van der Waals surface area contributed by atoms with Gasteiger partial charge >= 0.3 is 0 Å². The Labute approximate surface area is 142 Å². The van der Waals surface area contributed by atoms with Crippen molar-refractivity contribution in [3.8, 4) is 0 Å². The molecule has 0 radical (unpaired) electrons. The van der Waals surface area contributed by atoms with Crippen LogP contribution < -0.4 is 9.80 Å². The van der Waals surface area contributed by atoms with Gasteiger partial charge in [-0.05, 0) is 0 Å². The van der Waals surface area contributed by atoms with Gasteiger partial charge in [0.05, 0.1) is 17.9 Å². The van der Waals surface area contributed by atoms with Crippen LogP contribution in [0.2, 0.25) is 0 Å². The summed E-state index contributed by atoms with van der Waals surface area (Å²) in [5, 5.41) is 5.27. The van der Waals surface area contributed by atoms with Crippen molar-refractivity contribution in [2.75, 3.05) is 36.0 Å². The number of nitrogens with zero attached hydrogens (tertiary/aromatic N) is 9. The van der Waals surface area contributed by atoms with Crippen molar-refractivity contribution in [3.05, 3.63) is 25.2 Å². The maximum Gasteiger partial charge on any atom is 0.182 e. The van der Waals surface area contributed by atoms with Crippen LogP contribution in [0.5, 0.6) is 0 Å². The summed E-state index contributed by atoms with van der Waals surface area (Å²) in [6.45, 7) is 3.38. The largest absolute Gasteiger partial charge is 0.352 e. The Balaban J connectivity index is 1.42. The molecule has 0 aromatic carbocycles. The highest BCUT2D eigenvalue weighted by Gasteiger charge is 2.23. The van der Waals surface area contributed by atoms with Crippen molar-refractivity contribution in [1.29, 1.82) is 0 Å². The van der Waals surface area contributed by atoms with Crippen LogP contribution in [0.25, 0.3) is 22.2 Å². The van der Waals surface area contributed by atoms with E-state index in [1.165, 1.54) is 0 Å². The number of H-pyrrole nitrogens is 1. The number of rotatable bonds is 2. The summed E-state index contributed by atoms with van der Waals surface area (Å²) in [6.07, 6.45) is 6.65. The first-order valence-electron chi connectivity index (χ1n) is 8.08. The van der Waals surface area contributed by atoms with Gasteiger partial charge in [0.1, 0.15) is 24.0 Å². The Kier molecular flexibility index (Phi) is 3.02.